The van der Waals surface area contributed by atoms with Crippen LogP contribution in [0.2, 0.25) is 5.02 Å². The summed E-state index contributed by atoms with van der Waals surface area (Å²) in [6, 6.07) is 2.40. The number of pyridine rings is 2. The number of aryl methyl sites for hydroxylation is 1. The average Bonchev–Trinajstić information content (AvgIpc) is 3.24. The molecule has 0 saturated heterocycles. The highest BCUT2D eigenvalue weighted by molar-refractivity contribution is 6.32. The van der Waals surface area contributed by atoms with Gasteiger partial charge in [0.1, 0.15) is 17.5 Å². The third kappa shape index (κ3) is 3.27. The Morgan fingerprint density at radius 2 is 2.03 bits per heavy atom. The lowest BCUT2D eigenvalue weighted by Gasteiger charge is -2.32. The number of carbonyl (C=O) groups excluding carboxylic acids is 2. The maximum absolute atomic E-state index is 14.8. The summed E-state index contributed by atoms with van der Waals surface area (Å²) in [5, 5.41) is 24.6. The number of halogens is 2. The van der Waals surface area contributed by atoms with Crippen molar-refractivity contribution in [2.75, 3.05) is 0 Å². The molecule has 1 aromatic carbocycles. The quantitative estimate of drug-likeness (QED) is 0.378. The highest BCUT2D eigenvalue weighted by Gasteiger charge is 2.44. The van der Waals surface area contributed by atoms with E-state index in [-0.39, 0.29) is 42.2 Å². The topological polar surface area (TPSA) is 122 Å². The zero-order chi connectivity index (χ0) is 26.4. The summed E-state index contributed by atoms with van der Waals surface area (Å²) in [5.74, 6) is -1.48. The second-order valence-corrected chi connectivity index (χ2v) is 10.5. The maximum Gasteiger partial charge on any atom is 0.254 e. The highest BCUT2D eigenvalue weighted by Crippen LogP contribution is 2.46. The van der Waals surface area contributed by atoms with Crippen LogP contribution in [-0.2, 0) is 34.6 Å². The molecule has 1 amide bonds. The molecule has 3 atom stereocenters. The molecule has 2 aromatic heterocycles. The van der Waals surface area contributed by atoms with E-state index in [2.05, 4.69) is 5.32 Å². The number of benzene rings is 1. The predicted octanol–water partition coefficient (Wildman–Crippen LogP) is 2.81. The molecule has 0 spiro atoms. The summed E-state index contributed by atoms with van der Waals surface area (Å²) in [5.41, 5.74) is 1.84. The standard InChI is InChI=1S/C27H25ClFN3O5/c1-3-27(37)15-8-19-24-14(10-32(19)26(36)12(15)5-7-20(27)34)22-17(31-25(35)11(2)33)6-4-13-21(22)18(30-24)9-16(29)23(13)28/h8-9,11,17,33,37H,3-7,10H2,1-2H3,(H,31,35)/t11-,17+,27+/m1/s1. The highest BCUT2D eigenvalue weighted by atomic mass is 35.5. The number of hydrogen-bond donors (Lipinski definition) is 3. The summed E-state index contributed by atoms with van der Waals surface area (Å²) in [7, 11) is 0. The van der Waals surface area contributed by atoms with Gasteiger partial charge >= 0.3 is 0 Å². The molecule has 0 bridgehead atoms. The van der Waals surface area contributed by atoms with E-state index < -0.39 is 29.5 Å². The van der Waals surface area contributed by atoms with Crippen molar-refractivity contribution in [2.24, 2.45) is 0 Å². The zero-order valence-electron chi connectivity index (χ0n) is 20.3. The van der Waals surface area contributed by atoms with E-state index in [0.717, 1.165) is 0 Å². The summed E-state index contributed by atoms with van der Waals surface area (Å²) in [6.45, 7) is 3.25. The number of rotatable bonds is 3. The third-order valence-electron chi connectivity index (χ3n) is 8.12. The lowest BCUT2D eigenvalue weighted by molar-refractivity contribution is -0.140. The number of carbonyl (C=O) groups is 2. The van der Waals surface area contributed by atoms with Gasteiger partial charge in [0.05, 0.1) is 34.5 Å². The van der Waals surface area contributed by atoms with E-state index in [0.29, 0.717) is 62.9 Å². The Hall–Kier alpha value is -3.14. The van der Waals surface area contributed by atoms with Crippen LogP contribution in [0.5, 0.6) is 0 Å². The van der Waals surface area contributed by atoms with E-state index in [1.54, 1.807) is 17.6 Å². The van der Waals surface area contributed by atoms with Crippen LogP contribution in [0.4, 0.5) is 4.39 Å². The van der Waals surface area contributed by atoms with E-state index in [4.69, 9.17) is 16.6 Å². The average molecular weight is 526 g/mol. The summed E-state index contributed by atoms with van der Waals surface area (Å²) in [4.78, 5) is 43.5. The molecule has 192 valence electrons. The van der Waals surface area contributed by atoms with Crippen LogP contribution >= 0.6 is 11.6 Å². The first-order chi connectivity index (χ1) is 17.6. The van der Waals surface area contributed by atoms with E-state index in [1.165, 1.54) is 13.0 Å². The molecule has 3 aliphatic rings. The summed E-state index contributed by atoms with van der Waals surface area (Å²) < 4.78 is 16.4. The predicted molar refractivity (Wildman–Crippen MR) is 134 cm³/mol. The smallest absolute Gasteiger partial charge is 0.254 e. The van der Waals surface area contributed by atoms with E-state index in [9.17, 15) is 29.0 Å². The van der Waals surface area contributed by atoms with Crippen LogP contribution in [0.1, 0.15) is 67.0 Å². The molecule has 3 heterocycles. The van der Waals surface area contributed by atoms with Gasteiger partial charge in [-0.1, -0.05) is 18.5 Å². The van der Waals surface area contributed by atoms with Crippen molar-refractivity contribution in [3.05, 3.63) is 61.1 Å². The van der Waals surface area contributed by atoms with Crippen molar-refractivity contribution in [3.8, 4) is 11.4 Å². The van der Waals surface area contributed by atoms with Crippen LogP contribution in [0.25, 0.3) is 22.3 Å². The molecule has 10 heteroatoms. The number of ketones is 1. The molecule has 2 aliphatic carbocycles. The summed E-state index contributed by atoms with van der Waals surface area (Å²) >= 11 is 6.35. The van der Waals surface area contributed by atoms with Crippen molar-refractivity contribution in [1.29, 1.82) is 0 Å². The molecule has 0 fully saturated rings. The van der Waals surface area contributed by atoms with Crippen LogP contribution < -0.4 is 10.9 Å². The molecule has 3 N–H and O–H groups in total. The largest absolute Gasteiger partial charge is 0.384 e. The van der Waals surface area contributed by atoms with Gasteiger partial charge in [0, 0.05) is 34.6 Å². The molecule has 3 aromatic rings. The fourth-order valence-electron chi connectivity index (χ4n) is 6.17. The van der Waals surface area contributed by atoms with Gasteiger partial charge < -0.3 is 20.1 Å². The van der Waals surface area contributed by atoms with E-state index in [1.807, 2.05) is 0 Å². The lowest BCUT2D eigenvalue weighted by atomic mass is 9.77. The number of aromatic nitrogens is 2. The minimum atomic E-state index is -1.75. The van der Waals surface area contributed by atoms with Gasteiger partial charge in [-0.3, -0.25) is 14.4 Å². The lowest BCUT2D eigenvalue weighted by Crippen LogP contribution is -2.43. The number of fused-ring (bicyclic) bond motifs is 5. The van der Waals surface area contributed by atoms with Crippen LogP contribution in [0.3, 0.4) is 0 Å². The first-order valence-electron chi connectivity index (χ1n) is 12.4. The van der Waals surface area contributed by atoms with Gasteiger partial charge in [-0.25, -0.2) is 9.37 Å². The Balaban J connectivity index is 1.65. The van der Waals surface area contributed by atoms with Crippen molar-refractivity contribution >= 4 is 34.2 Å². The Kier molecular flexibility index (Phi) is 5.35. The van der Waals surface area contributed by atoms with Gasteiger partial charge in [0.15, 0.2) is 5.78 Å². The van der Waals surface area contributed by atoms with E-state index >= 15 is 0 Å². The molecule has 1 aliphatic heterocycles. The SMILES string of the molecule is CC[C@@]1(O)C(=O)CCc2c1cc1n(c2=O)Cc2c-1nc1cc(F)c(Cl)c3c1c2[C@@H](NC(=O)[C@@H](C)O)CC3. The Morgan fingerprint density at radius 1 is 1.27 bits per heavy atom. The van der Waals surface area contributed by atoms with Gasteiger partial charge in [-0.05, 0) is 49.8 Å². The van der Waals surface area contributed by atoms with Crippen molar-refractivity contribution in [3.63, 3.8) is 0 Å². The van der Waals surface area contributed by atoms with Crippen molar-refractivity contribution in [1.82, 2.24) is 14.9 Å². The fourth-order valence-corrected chi connectivity index (χ4v) is 6.42. The molecule has 0 unspecified atom stereocenters. The van der Waals surface area contributed by atoms with Gasteiger partial charge in [0.2, 0.25) is 5.91 Å². The minimum absolute atomic E-state index is 0.00506. The van der Waals surface area contributed by atoms with Crippen LogP contribution in [0.15, 0.2) is 16.9 Å². The first kappa shape index (κ1) is 24.2. The van der Waals surface area contributed by atoms with Crippen LogP contribution in [0, 0.1) is 5.82 Å². The fraction of sp³-hybridized carbons (Fsp3) is 0.407. The third-order valence-corrected chi connectivity index (χ3v) is 8.52. The van der Waals surface area contributed by atoms with Gasteiger partial charge in [-0.2, -0.15) is 0 Å². The van der Waals surface area contributed by atoms with Crippen LogP contribution in [-0.4, -0.2) is 37.6 Å². The maximum atomic E-state index is 14.8. The number of amides is 1. The summed E-state index contributed by atoms with van der Waals surface area (Å²) in [6.07, 6.45) is 0.0577. The second kappa shape index (κ2) is 8.18. The minimum Gasteiger partial charge on any atom is -0.384 e. The molecule has 0 saturated carbocycles. The molecule has 37 heavy (non-hydrogen) atoms. The number of aliphatic hydroxyl groups is 2. The van der Waals surface area contributed by atoms with Gasteiger partial charge in [-0.15, -0.1) is 0 Å². The Morgan fingerprint density at radius 3 is 2.73 bits per heavy atom. The van der Waals surface area contributed by atoms with Gasteiger partial charge in [0.25, 0.3) is 5.56 Å². The molecule has 8 nitrogen and oxygen atoms in total. The number of aliphatic hydroxyl groups excluding tert-OH is 1. The number of nitrogens with zero attached hydrogens (tertiary/aromatic N) is 2. The molecular formula is C27H25ClFN3O5. The molecule has 6 rings (SSSR count). The zero-order valence-corrected chi connectivity index (χ0v) is 21.1. The number of nitrogens with one attached hydrogen (secondary N) is 1. The van der Waals surface area contributed by atoms with Crippen molar-refractivity contribution in [2.45, 2.75) is 70.2 Å². The number of Topliss-reactive ketones (excluding diaryl/α,β-unsaturated/α-hetero) is 1. The number of hydrogen-bond acceptors (Lipinski definition) is 6. The normalized spacial score (nSPS) is 22.4. The van der Waals surface area contributed by atoms with Crippen molar-refractivity contribution < 1.29 is 24.2 Å². The Labute approximate surface area is 216 Å². The first-order valence-corrected chi connectivity index (χ1v) is 12.8. The molecule has 0 radical (unpaired) electrons. The second-order valence-electron chi connectivity index (χ2n) is 10.1. The monoisotopic (exact) mass is 525 g/mol. The molecular weight excluding hydrogens is 501 g/mol. The Bertz CT molecular complexity index is 1610.